The van der Waals surface area contributed by atoms with Crippen molar-refractivity contribution in [3.05, 3.63) is 12.2 Å². The molecule has 56 heavy (non-hydrogen) atoms. The second-order valence-electron chi connectivity index (χ2n) is 18.0. The summed E-state index contributed by atoms with van der Waals surface area (Å²) in [5, 5.41) is 23.1. The van der Waals surface area contributed by atoms with Crippen molar-refractivity contribution in [2.24, 2.45) is 0 Å². The van der Waals surface area contributed by atoms with Gasteiger partial charge in [0.15, 0.2) is 0 Å². The minimum Gasteiger partial charge on any atom is -0.394 e. The van der Waals surface area contributed by atoms with Crippen molar-refractivity contribution in [1.82, 2.24) is 5.32 Å². The van der Waals surface area contributed by atoms with Crippen molar-refractivity contribution in [2.45, 2.75) is 309 Å². The minimum atomic E-state index is -0.834. The van der Waals surface area contributed by atoms with Crippen molar-refractivity contribution in [2.75, 3.05) is 6.61 Å². The van der Waals surface area contributed by atoms with Crippen molar-refractivity contribution < 1.29 is 15.0 Å². The van der Waals surface area contributed by atoms with E-state index in [0.717, 1.165) is 25.7 Å². The maximum absolute atomic E-state index is 12.4. The van der Waals surface area contributed by atoms with Crippen LogP contribution < -0.4 is 5.32 Å². The molecule has 0 aromatic rings. The predicted molar refractivity (Wildman–Crippen MR) is 249 cm³/mol. The number of aliphatic hydroxyl groups excluding tert-OH is 2. The Hall–Kier alpha value is -0.870. The van der Waals surface area contributed by atoms with E-state index in [1.807, 2.05) is 6.08 Å². The van der Waals surface area contributed by atoms with E-state index >= 15 is 0 Å². The van der Waals surface area contributed by atoms with Gasteiger partial charge in [0.05, 0.1) is 18.8 Å². The van der Waals surface area contributed by atoms with Crippen LogP contribution in [0.15, 0.2) is 12.2 Å². The Morgan fingerprint density at radius 2 is 0.661 bits per heavy atom. The summed E-state index contributed by atoms with van der Waals surface area (Å²) in [5.41, 5.74) is 0. The summed E-state index contributed by atoms with van der Waals surface area (Å²) in [5.74, 6) is -0.0569. The van der Waals surface area contributed by atoms with Gasteiger partial charge in [0.25, 0.3) is 0 Å². The lowest BCUT2D eigenvalue weighted by molar-refractivity contribution is -0.123. The SMILES string of the molecule is CCCCCCCCCCCCCCCCC/C=C/[C@@H](O)[C@H](CO)NC(=O)CCCCCCCCCCCCCCCCCCCCCCCCCCCCC. The Balaban J connectivity index is 3.44. The molecule has 3 N–H and O–H groups in total. The van der Waals surface area contributed by atoms with Gasteiger partial charge in [-0.25, -0.2) is 0 Å². The molecule has 0 heterocycles. The molecule has 0 aromatic carbocycles. The van der Waals surface area contributed by atoms with Crippen molar-refractivity contribution >= 4 is 5.91 Å². The van der Waals surface area contributed by atoms with E-state index < -0.39 is 12.1 Å². The molecule has 0 aliphatic carbocycles. The number of rotatable bonds is 48. The molecule has 2 atom stereocenters. The third kappa shape index (κ3) is 44.2. The summed E-state index contributed by atoms with van der Waals surface area (Å²) in [6.07, 6.45) is 62.1. The van der Waals surface area contributed by atoms with Gasteiger partial charge in [-0.05, 0) is 19.3 Å². The fourth-order valence-corrected chi connectivity index (χ4v) is 8.30. The van der Waals surface area contributed by atoms with Gasteiger partial charge in [0, 0.05) is 6.42 Å². The van der Waals surface area contributed by atoms with Crippen LogP contribution in [0.1, 0.15) is 296 Å². The normalized spacial score (nSPS) is 12.9. The summed E-state index contributed by atoms with van der Waals surface area (Å²) in [6, 6.07) is -0.617. The van der Waals surface area contributed by atoms with Crippen molar-refractivity contribution in [1.29, 1.82) is 0 Å². The number of amides is 1. The molecule has 0 saturated carbocycles. The molecule has 0 fully saturated rings. The van der Waals surface area contributed by atoms with Gasteiger partial charge in [-0.3, -0.25) is 4.79 Å². The Bertz CT molecular complexity index is 769. The maximum atomic E-state index is 12.4. The quantitative estimate of drug-likeness (QED) is 0.0425. The van der Waals surface area contributed by atoms with Crippen LogP contribution in [0.3, 0.4) is 0 Å². The fourth-order valence-electron chi connectivity index (χ4n) is 8.30. The zero-order chi connectivity index (χ0) is 40.7. The van der Waals surface area contributed by atoms with Gasteiger partial charge >= 0.3 is 0 Å². The summed E-state index contributed by atoms with van der Waals surface area (Å²) in [6.45, 7) is 4.34. The van der Waals surface area contributed by atoms with Crippen LogP contribution in [0, 0.1) is 0 Å². The first kappa shape index (κ1) is 55.1. The van der Waals surface area contributed by atoms with E-state index in [-0.39, 0.29) is 12.5 Å². The second kappa shape index (κ2) is 48.5. The van der Waals surface area contributed by atoms with Crippen LogP contribution in [0.4, 0.5) is 0 Å². The highest BCUT2D eigenvalue weighted by molar-refractivity contribution is 5.76. The molecule has 0 aromatic heterocycles. The molecule has 4 heteroatoms. The molecule has 0 aliphatic rings. The van der Waals surface area contributed by atoms with Gasteiger partial charge in [-0.15, -0.1) is 0 Å². The fraction of sp³-hybridized carbons (Fsp3) is 0.942. The number of unbranched alkanes of at least 4 members (excludes halogenated alkanes) is 41. The topological polar surface area (TPSA) is 69.6 Å². The molecular formula is C52H103NO3. The number of nitrogens with one attached hydrogen (secondary N) is 1. The predicted octanol–water partition coefficient (Wildman–Crippen LogP) is 16.6. The zero-order valence-electron chi connectivity index (χ0n) is 38.4. The summed E-state index contributed by atoms with van der Waals surface area (Å²) >= 11 is 0. The molecule has 0 unspecified atom stereocenters. The molecule has 0 rings (SSSR count). The van der Waals surface area contributed by atoms with E-state index in [1.165, 1.54) is 250 Å². The lowest BCUT2D eigenvalue weighted by Crippen LogP contribution is -2.45. The van der Waals surface area contributed by atoms with Crippen LogP contribution in [0.2, 0.25) is 0 Å². The first-order valence-corrected chi connectivity index (χ1v) is 25.9. The van der Waals surface area contributed by atoms with Crippen LogP contribution in [0.25, 0.3) is 0 Å². The van der Waals surface area contributed by atoms with Crippen LogP contribution in [0.5, 0.6) is 0 Å². The van der Waals surface area contributed by atoms with E-state index in [1.54, 1.807) is 6.08 Å². The molecule has 4 nitrogen and oxygen atoms in total. The summed E-state index contributed by atoms with van der Waals surface area (Å²) in [4.78, 5) is 12.4. The largest absolute Gasteiger partial charge is 0.394 e. The average molecular weight is 790 g/mol. The Labute approximate surface area is 352 Å². The van der Waals surface area contributed by atoms with E-state index in [0.29, 0.717) is 6.42 Å². The van der Waals surface area contributed by atoms with Gasteiger partial charge in [0.1, 0.15) is 0 Å². The first-order valence-electron chi connectivity index (χ1n) is 25.9. The summed E-state index contributed by atoms with van der Waals surface area (Å²) in [7, 11) is 0. The van der Waals surface area contributed by atoms with Crippen LogP contribution >= 0.6 is 0 Å². The Morgan fingerprint density at radius 1 is 0.411 bits per heavy atom. The second-order valence-corrected chi connectivity index (χ2v) is 18.0. The number of carbonyl (C=O) groups excluding carboxylic acids is 1. The molecule has 0 aliphatic heterocycles. The number of carbonyl (C=O) groups is 1. The highest BCUT2D eigenvalue weighted by Crippen LogP contribution is 2.17. The zero-order valence-corrected chi connectivity index (χ0v) is 38.4. The average Bonchev–Trinajstić information content (AvgIpc) is 3.20. The Morgan fingerprint density at radius 3 is 0.929 bits per heavy atom. The lowest BCUT2D eigenvalue weighted by Gasteiger charge is -2.20. The van der Waals surface area contributed by atoms with Gasteiger partial charge in [0.2, 0.25) is 5.91 Å². The van der Waals surface area contributed by atoms with E-state index in [2.05, 4.69) is 19.2 Å². The molecule has 1 amide bonds. The Kier molecular flexibility index (Phi) is 47.7. The van der Waals surface area contributed by atoms with Crippen LogP contribution in [-0.4, -0.2) is 34.9 Å². The monoisotopic (exact) mass is 790 g/mol. The maximum Gasteiger partial charge on any atom is 0.220 e. The van der Waals surface area contributed by atoms with E-state index in [9.17, 15) is 15.0 Å². The highest BCUT2D eigenvalue weighted by atomic mass is 16.3. The number of hydrogen-bond donors (Lipinski definition) is 3. The molecule has 0 bridgehead atoms. The molecule has 0 saturated heterocycles. The highest BCUT2D eigenvalue weighted by Gasteiger charge is 2.18. The van der Waals surface area contributed by atoms with Gasteiger partial charge < -0.3 is 15.5 Å². The number of allylic oxidation sites excluding steroid dienone is 1. The standard InChI is InChI=1S/C52H103NO3/c1-3-5-7-9-11-13-15-17-19-21-22-23-24-25-26-27-28-29-30-32-34-36-38-40-42-44-46-48-52(56)53-50(49-54)51(55)47-45-43-41-39-37-35-33-31-20-18-16-14-12-10-8-6-4-2/h45,47,50-51,54-55H,3-44,46,48-49H2,1-2H3,(H,53,56)/b47-45+/t50-,51+/m0/s1. The van der Waals surface area contributed by atoms with E-state index in [4.69, 9.17) is 0 Å². The van der Waals surface area contributed by atoms with Gasteiger partial charge in [-0.1, -0.05) is 283 Å². The van der Waals surface area contributed by atoms with Crippen molar-refractivity contribution in [3.63, 3.8) is 0 Å². The van der Waals surface area contributed by atoms with Gasteiger partial charge in [-0.2, -0.15) is 0 Å². The number of hydrogen-bond acceptors (Lipinski definition) is 3. The van der Waals surface area contributed by atoms with Crippen LogP contribution in [-0.2, 0) is 4.79 Å². The van der Waals surface area contributed by atoms with Crippen molar-refractivity contribution in [3.8, 4) is 0 Å². The summed E-state index contributed by atoms with van der Waals surface area (Å²) < 4.78 is 0. The molecule has 0 radical (unpaired) electrons. The number of aliphatic hydroxyl groups is 2. The third-order valence-electron chi connectivity index (χ3n) is 12.3. The first-order chi connectivity index (χ1) is 27.7. The third-order valence-corrected chi connectivity index (χ3v) is 12.3. The minimum absolute atomic E-state index is 0.0569. The molecule has 0 spiro atoms. The molecule has 334 valence electrons. The lowest BCUT2D eigenvalue weighted by atomic mass is 10.0. The smallest absolute Gasteiger partial charge is 0.220 e. The molecular weight excluding hydrogens is 687 g/mol.